The van der Waals surface area contributed by atoms with Gasteiger partial charge in [-0.25, -0.2) is 0 Å². The molecule has 96 valence electrons. The molecule has 17 heavy (non-hydrogen) atoms. The van der Waals surface area contributed by atoms with Gasteiger partial charge in [-0.2, -0.15) is 13.2 Å². The van der Waals surface area contributed by atoms with Gasteiger partial charge in [0.1, 0.15) is 0 Å². The number of aliphatic hydroxyl groups is 1. The van der Waals surface area contributed by atoms with E-state index < -0.39 is 11.7 Å². The normalized spacial score (nSPS) is 11.6. The summed E-state index contributed by atoms with van der Waals surface area (Å²) in [5, 5.41) is 11.5. The van der Waals surface area contributed by atoms with E-state index in [1.807, 2.05) is 0 Å². The minimum absolute atomic E-state index is 0.0912. The molecular weight excluding hydrogens is 299 g/mol. The first-order chi connectivity index (χ1) is 7.93. The number of rotatable bonds is 5. The van der Waals surface area contributed by atoms with E-state index in [-0.39, 0.29) is 6.61 Å². The highest BCUT2D eigenvalue weighted by Gasteiger charge is 2.31. The Morgan fingerprint density at radius 3 is 2.47 bits per heavy atom. The standard InChI is InChI=1S/C11H13BrF3NO/c12-9-5-8(11(13,14)15)6-10(7-9)16-3-1-2-4-17/h5-7,16-17H,1-4H2. The summed E-state index contributed by atoms with van der Waals surface area (Å²) in [5.74, 6) is 0. The molecule has 1 aromatic carbocycles. The maximum Gasteiger partial charge on any atom is 0.416 e. The lowest BCUT2D eigenvalue weighted by Gasteiger charge is -2.11. The van der Waals surface area contributed by atoms with Gasteiger partial charge in [0, 0.05) is 23.3 Å². The van der Waals surface area contributed by atoms with Crippen LogP contribution in [-0.4, -0.2) is 18.3 Å². The van der Waals surface area contributed by atoms with E-state index in [2.05, 4.69) is 21.2 Å². The van der Waals surface area contributed by atoms with E-state index in [1.165, 1.54) is 0 Å². The molecule has 0 aromatic heterocycles. The number of halogens is 4. The Bertz CT molecular complexity index is 368. The van der Waals surface area contributed by atoms with Crippen LogP contribution in [0.1, 0.15) is 18.4 Å². The molecule has 0 saturated heterocycles. The van der Waals surface area contributed by atoms with E-state index in [0.29, 0.717) is 29.5 Å². The van der Waals surface area contributed by atoms with Crippen molar-refractivity contribution in [3.8, 4) is 0 Å². The average Bonchev–Trinajstić information content (AvgIpc) is 2.22. The van der Waals surface area contributed by atoms with Gasteiger partial charge in [0.15, 0.2) is 0 Å². The lowest BCUT2D eigenvalue weighted by Crippen LogP contribution is -2.07. The quantitative estimate of drug-likeness (QED) is 0.814. The Labute approximate surface area is 106 Å². The van der Waals surface area contributed by atoms with Gasteiger partial charge in [-0.15, -0.1) is 0 Å². The summed E-state index contributed by atoms with van der Waals surface area (Å²) < 4.78 is 37.9. The zero-order chi connectivity index (χ0) is 12.9. The second-order valence-electron chi connectivity index (χ2n) is 3.58. The minimum Gasteiger partial charge on any atom is -0.396 e. The predicted molar refractivity (Wildman–Crippen MR) is 64.0 cm³/mol. The molecule has 0 aliphatic carbocycles. The van der Waals surface area contributed by atoms with Crippen molar-refractivity contribution in [2.45, 2.75) is 19.0 Å². The number of hydrogen-bond acceptors (Lipinski definition) is 2. The molecule has 0 bridgehead atoms. The third kappa shape index (κ3) is 4.95. The van der Waals surface area contributed by atoms with Crippen LogP contribution in [0.25, 0.3) is 0 Å². The highest BCUT2D eigenvalue weighted by atomic mass is 79.9. The summed E-state index contributed by atoms with van der Waals surface area (Å²) >= 11 is 3.05. The van der Waals surface area contributed by atoms with Gasteiger partial charge in [-0.05, 0) is 31.0 Å². The van der Waals surface area contributed by atoms with Crippen molar-refractivity contribution in [3.05, 3.63) is 28.2 Å². The van der Waals surface area contributed by atoms with Crippen LogP contribution in [0.15, 0.2) is 22.7 Å². The Balaban J connectivity index is 2.69. The van der Waals surface area contributed by atoms with Crippen molar-refractivity contribution in [2.75, 3.05) is 18.5 Å². The summed E-state index contributed by atoms with van der Waals surface area (Å²) in [6, 6.07) is 3.71. The second kappa shape index (κ2) is 6.26. The molecule has 0 heterocycles. The van der Waals surface area contributed by atoms with Crippen LogP contribution in [0, 0.1) is 0 Å². The van der Waals surface area contributed by atoms with Crippen LogP contribution in [-0.2, 0) is 6.18 Å². The summed E-state index contributed by atoms with van der Waals surface area (Å²) in [6.07, 6.45) is -3.00. The fourth-order valence-corrected chi connectivity index (χ4v) is 1.82. The number of aliphatic hydroxyl groups excluding tert-OH is 1. The summed E-state index contributed by atoms with van der Waals surface area (Å²) in [6.45, 7) is 0.627. The number of benzene rings is 1. The van der Waals surface area contributed by atoms with Crippen LogP contribution in [0.5, 0.6) is 0 Å². The van der Waals surface area contributed by atoms with Gasteiger partial charge < -0.3 is 10.4 Å². The van der Waals surface area contributed by atoms with Gasteiger partial charge >= 0.3 is 6.18 Å². The maximum absolute atomic E-state index is 12.5. The molecule has 0 fully saturated rings. The molecule has 0 amide bonds. The number of alkyl halides is 3. The van der Waals surface area contributed by atoms with Crippen molar-refractivity contribution >= 4 is 21.6 Å². The fraction of sp³-hybridized carbons (Fsp3) is 0.455. The third-order valence-electron chi connectivity index (χ3n) is 2.14. The van der Waals surface area contributed by atoms with Crippen LogP contribution in [0.3, 0.4) is 0 Å². The highest BCUT2D eigenvalue weighted by Crippen LogP contribution is 2.33. The molecule has 2 N–H and O–H groups in total. The maximum atomic E-state index is 12.5. The van der Waals surface area contributed by atoms with Gasteiger partial charge in [-0.3, -0.25) is 0 Å². The average molecular weight is 312 g/mol. The molecule has 6 heteroatoms. The molecular formula is C11H13BrF3NO. The van der Waals surface area contributed by atoms with E-state index in [0.717, 1.165) is 12.1 Å². The zero-order valence-electron chi connectivity index (χ0n) is 9.02. The minimum atomic E-state index is -4.34. The Morgan fingerprint density at radius 2 is 1.88 bits per heavy atom. The number of hydrogen-bond donors (Lipinski definition) is 2. The molecule has 0 saturated carbocycles. The van der Waals surface area contributed by atoms with Crippen LogP contribution < -0.4 is 5.32 Å². The van der Waals surface area contributed by atoms with Gasteiger partial charge in [-0.1, -0.05) is 15.9 Å². The third-order valence-corrected chi connectivity index (χ3v) is 2.60. The molecule has 0 unspecified atom stereocenters. The highest BCUT2D eigenvalue weighted by molar-refractivity contribution is 9.10. The fourth-order valence-electron chi connectivity index (χ4n) is 1.32. The Hall–Kier alpha value is -0.750. The van der Waals surface area contributed by atoms with Crippen LogP contribution in [0.2, 0.25) is 0 Å². The first-order valence-electron chi connectivity index (χ1n) is 5.16. The molecule has 0 radical (unpaired) electrons. The van der Waals surface area contributed by atoms with Crippen LogP contribution in [0.4, 0.5) is 18.9 Å². The zero-order valence-corrected chi connectivity index (χ0v) is 10.6. The van der Waals surface area contributed by atoms with Crippen molar-refractivity contribution in [3.63, 3.8) is 0 Å². The molecule has 0 aliphatic rings. The molecule has 1 rings (SSSR count). The first kappa shape index (κ1) is 14.3. The molecule has 2 nitrogen and oxygen atoms in total. The number of nitrogens with one attached hydrogen (secondary N) is 1. The monoisotopic (exact) mass is 311 g/mol. The molecule has 0 spiro atoms. The van der Waals surface area contributed by atoms with Crippen LogP contribution >= 0.6 is 15.9 Å². The number of anilines is 1. The van der Waals surface area contributed by atoms with Gasteiger partial charge in [0.25, 0.3) is 0 Å². The second-order valence-corrected chi connectivity index (χ2v) is 4.50. The lowest BCUT2D eigenvalue weighted by molar-refractivity contribution is -0.137. The SMILES string of the molecule is OCCCCNc1cc(Br)cc(C(F)(F)F)c1. The smallest absolute Gasteiger partial charge is 0.396 e. The largest absolute Gasteiger partial charge is 0.416 e. The lowest BCUT2D eigenvalue weighted by atomic mass is 10.2. The topological polar surface area (TPSA) is 32.3 Å². The first-order valence-corrected chi connectivity index (χ1v) is 5.95. The Kier molecular flexibility index (Phi) is 5.27. The van der Waals surface area contributed by atoms with Crippen molar-refractivity contribution < 1.29 is 18.3 Å². The summed E-state index contributed by atoms with van der Waals surface area (Å²) in [4.78, 5) is 0. The van der Waals surface area contributed by atoms with E-state index in [4.69, 9.17) is 5.11 Å². The molecule has 0 atom stereocenters. The molecule has 1 aromatic rings. The van der Waals surface area contributed by atoms with Gasteiger partial charge in [0.2, 0.25) is 0 Å². The summed E-state index contributed by atoms with van der Waals surface area (Å²) in [7, 11) is 0. The van der Waals surface area contributed by atoms with Crippen molar-refractivity contribution in [1.29, 1.82) is 0 Å². The van der Waals surface area contributed by atoms with Crippen molar-refractivity contribution in [2.24, 2.45) is 0 Å². The van der Waals surface area contributed by atoms with Gasteiger partial charge in [0.05, 0.1) is 5.56 Å². The van der Waals surface area contributed by atoms with E-state index >= 15 is 0 Å². The summed E-state index contributed by atoms with van der Waals surface area (Å²) in [5.41, 5.74) is -0.263. The predicted octanol–water partition coefficient (Wildman–Crippen LogP) is 3.65. The van der Waals surface area contributed by atoms with Crippen molar-refractivity contribution in [1.82, 2.24) is 0 Å². The van der Waals surface area contributed by atoms with E-state index in [9.17, 15) is 13.2 Å². The van der Waals surface area contributed by atoms with E-state index in [1.54, 1.807) is 6.07 Å². The number of unbranched alkanes of at least 4 members (excludes halogenated alkanes) is 1. The Morgan fingerprint density at radius 1 is 1.18 bits per heavy atom. The molecule has 0 aliphatic heterocycles.